The molecule has 0 spiro atoms. The molecule has 0 amide bonds. The number of rotatable bonds is 3. The summed E-state index contributed by atoms with van der Waals surface area (Å²) in [7, 11) is 0. The summed E-state index contributed by atoms with van der Waals surface area (Å²) in [6.07, 6.45) is 5.01. The van der Waals surface area contributed by atoms with Gasteiger partial charge in [-0.3, -0.25) is 9.78 Å². The van der Waals surface area contributed by atoms with Gasteiger partial charge in [-0.15, -0.1) is 0 Å². The Kier molecular flexibility index (Phi) is 4.64. The Hall–Kier alpha value is -3.12. The van der Waals surface area contributed by atoms with Gasteiger partial charge in [-0.05, 0) is 42.8 Å². The van der Waals surface area contributed by atoms with E-state index in [1.54, 1.807) is 30.7 Å². The van der Waals surface area contributed by atoms with Crippen molar-refractivity contribution >= 4 is 33.0 Å². The average Bonchev–Trinajstić information content (AvgIpc) is 2.69. The highest BCUT2D eigenvalue weighted by atomic mass is 79.9. The van der Waals surface area contributed by atoms with Gasteiger partial charge >= 0.3 is 0 Å². The second-order valence-electron chi connectivity index (χ2n) is 6.11. The summed E-state index contributed by atoms with van der Waals surface area (Å²) in [5, 5.41) is 4.93. The summed E-state index contributed by atoms with van der Waals surface area (Å²) in [4.78, 5) is 21.9. The second kappa shape index (κ2) is 7.25. The van der Waals surface area contributed by atoms with Crippen LogP contribution in [0.2, 0.25) is 0 Å². The molecule has 27 heavy (non-hydrogen) atoms. The number of hydrogen-bond donors (Lipinski definition) is 0. The van der Waals surface area contributed by atoms with Crippen LogP contribution < -0.4 is 5.56 Å². The third-order valence-corrected chi connectivity index (χ3v) is 4.62. The SMILES string of the molecule is Cc1ccc(C=Nn2c(-c3cccnc3)nc3ccc(Br)cc3c2=O)cc1. The predicted octanol–water partition coefficient (Wildman–Crippen LogP) is 4.41. The first kappa shape index (κ1) is 17.3. The molecule has 5 nitrogen and oxygen atoms in total. The lowest BCUT2D eigenvalue weighted by molar-refractivity contribution is 0.829. The van der Waals surface area contributed by atoms with Gasteiger partial charge in [0, 0.05) is 22.4 Å². The van der Waals surface area contributed by atoms with Crippen molar-refractivity contribution in [1.29, 1.82) is 0 Å². The molecule has 0 saturated heterocycles. The van der Waals surface area contributed by atoms with Gasteiger partial charge in [-0.2, -0.15) is 9.78 Å². The van der Waals surface area contributed by atoms with E-state index in [2.05, 4.69) is 31.0 Å². The van der Waals surface area contributed by atoms with Gasteiger partial charge in [0.2, 0.25) is 0 Å². The summed E-state index contributed by atoms with van der Waals surface area (Å²) < 4.78 is 2.14. The molecule has 0 aliphatic carbocycles. The molecule has 4 aromatic rings. The molecule has 6 heteroatoms. The van der Waals surface area contributed by atoms with Gasteiger partial charge in [0.25, 0.3) is 5.56 Å². The molecule has 0 aliphatic heterocycles. The van der Waals surface area contributed by atoms with Crippen LogP contribution in [0, 0.1) is 6.92 Å². The monoisotopic (exact) mass is 418 g/mol. The largest absolute Gasteiger partial charge is 0.282 e. The minimum Gasteiger partial charge on any atom is -0.267 e. The summed E-state index contributed by atoms with van der Waals surface area (Å²) in [6, 6.07) is 17.0. The third-order valence-electron chi connectivity index (χ3n) is 4.13. The van der Waals surface area contributed by atoms with Gasteiger partial charge < -0.3 is 0 Å². The second-order valence-corrected chi connectivity index (χ2v) is 7.03. The molecule has 0 aliphatic rings. The van der Waals surface area contributed by atoms with Crippen LogP contribution in [0.1, 0.15) is 11.1 Å². The van der Waals surface area contributed by atoms with Crippen molar-refractivity contribution in [3.05, 3.63) is 92.9 Å². The number of aromatic nitrogens is 3. The van der Waals surface area contributed by atoms with Crippen LogP contribution in [0.3, 0.4) is 0 Å². The van der Waals surface area contributed by atoms with Crippen LogP contribution in [-0.2, 0) is 0 Å². The van der Waals surface area contributed by atoms with E-state index in [0.29, 0.717) is 16.7 Å². The topological polar surface area (TPSA) is 60.1 Å². The summed E-state index contributed by atoms with van der Waals surface area (Å²) in [5.41, 5.74) is 3.17. The molecule has 2 aromatic carbocycles. The summed E-state index contributed by atoms with van der Waals surface area (Å²) in [5.74, 6) is 0.450. The zero-order valence-electron chi connectivity index (χ0n) is 14.5. The maximum Gasteiger partial charge on any atom is 0.282 e. The molecule has 0 atom stereocenters. The Morgan fingerprint density at radius 3 is 2.67 bits per heavy atom. The van der Waals surface area contributed by atoms with Gasteiger partial charge in [0.1, 0.15) is 0 Å². The van der Waals surface area contributed by atoms with E-state index in [1.807, 2.05) is 49.4 Å². The molecule has 4 rings (SSSR count). The van der Waals surface area contributed by atoms with E-state index in [9.17, 15) is 4.79 Å². The first-order chi connectivity index (χ1) is 13.1. The fourth-order valence-corrected chi connectivity index (χ4v) is 3.08. The number of fused-ring (bicyclic) bond motifs is 1. The van der Waals surface area contributed by atoms with Crippen LogP contribution in [0.4, 0.5) is 0 Å². The quantitative estimate of drug-likeness (QED) is 0.462. The van der Waals surface area contributed by atoms with Gasteiger partial charge in [0.05, 0.1) is 17.1 Å². The van der Waals surface area contributed by atoms with Gasteiger partial charge in [0.15, 0.2) is 5.82 Å². The maximum absolute atomic E-state index is 13.1. The van der Waals surface area contributed by atoms with E-state index in [4.69, 9.17) is 0 Å². The Morgan fingerprint density at radius 1 is 1.11 bits per heavy atom. The van der Waals surface area contributed by atoms with Crippen molar-refractivity contribution in [2.24, 2.45) is 5.10 Å². The summed E-state index contributed by atoms with van der Waals surface area (Å²) in [6.45, 7) is 2.02. The molecule has 0 saturated carbocycles. The van der Waals surface area contributed by atoms with Crippen molar-refractivity contribution in [2.45, 2.75) is 6.92 Å². The Labute approximate surface area is 164 Å². The lowest BCUT2D eigenvalue weighted by Crippen LogP contribution is -2.20. The first-order valence-corrected chi connectivity index (χ1v) is 9.15. The van der Waals surface area contributed by atoms with Crippen molar-refractivity contribution in [2.75, 3.05) is 0 Å². The van der Waals surface area contributed by atoms with Crippen LogP contribution in [0.25, 0.3) is 22.3 Å². The highest BCUT2D eigenvalue weighted by Crippen LogP contribution is 2.20. The van der Waals surface area contributed by atoms with E-state index in [0.717, 1.165) is 21.2 Å². The maximum atomic E-state index is 13.1. The number of pyridine rings is 1. The Morgan fingerprint density at radius 2 is 1.93 bits per heavy atom. The molecule has 0 unspecified atom stereocenters. The molecule has 2 aromatic heterocycles. The lowest BCUT2D eigenvalue weighted by atomic mass is 10.2. The van der Waals surface area contributed by atoms with E-state index in [1.165, 1.54) is 4.68 Å². The fourth-order valence-electron chi connectivity index (χ4n) is 2.71. The molecular weight excluding hydrogens is 404 g/mol. The van der Waals surface area contributed by atoms with Crippen molar-refractivity contribution in [3.63, 3.8) is 0 Å². The number of aryl methyl sites for hydroxylation is 1. The minimum absolute atomic E-state index is 0.233. The lowest BCUT2D eigenvalue weighted by Gasteiger charge is -2.09. The number of hydrogen-bond acceptors (Lipinski definition) is 4. The van der Waals surface area contributed by atoms with E-state index in [-0.39, 0.29) is 5.56 Å². The molecule has 0 N–H and O–H groups in total. The third kappa shape index (κ3) is 3.57. The molecule has 132 valence electrons. The molecule has 0 radical (unpaired) electrons. The smallest absolute Gasteiger partial charge is 0.267 e. The number of nitrogens with zero attached hydrogens (tertiary/aromatic N) is 4. The number of benzene rings is 2. The van der Waals surface area contributed by atoms with Crippen LogP contribution in [0.5, 0.6) is 0 Å². The van der Waals surface area contributed by atoms with E-state index >= 15 is 0 Å². The standard InChI is InChI=1S/C21H15BrN4O/c1-14-4-6-15(7-5-14)12-24-26-20(16-3-2-10-23-13-16)25-19-9-8-17(22)11-18(19)21(26)27/h2-13H,1H3. The predicted molar refractivity (Wildman–Crippen MR) is 111 cm³/mol. The van der Waals surface area contributed by atoms with Crippen molar-refractivity contribution in [1.82, 2.24) is 14.6 Å². The highest BCUT2D eigenvalue weighted by molar-refractivity contribution is 9.10. The molecule has 0 bridgehead atoms. The van der Waals surface area contributed by atoms with Crippen LogP contribution in [-0.4, -0.2) is 20.9 Å². The van der Waals surface area contributed by atoms with Crippen LogP contribution >= 0.6 is 15.9 Å². The van der Waals surface area contributed by atoms with Gasteiger partial charge in [-0.25, -0.2) is 4.98 Å². The molecule has 2 heterocycles. The van der Waals surface area contributed by atoms with Crippen molar-refractivity contribution in [3.8, 4) is 11.4 Å². The van der Waals surface area contributed by atoms with Crippen LogP contribution in [0.15, 0.2) is 81.4 Å². The molecule has 0 fully saturated rings. The summed E-state index contributed by atoms with van der Waals surface area (Å²) >= 11 is 3.41. The number of halogens is 1. The Bertz CT molecular complexity index is 1200. The zero-order valence-corrected chi connectivity index (χ0v) is 16.1. The minimum atomic E-state index is -0.233. The first-order valence-electron chi connectivity index (χ1n) is 8.35. The van der Waals surface area contributed by atoms with Crippen molar-refractivity contribution < 1.29 is 0 Å². The highest BCUT2D eigenvalue weighted by Gasteiger charge is 2.13. The van der Waals surface area contributed by atoms with Gasteiger partial charge in [-0.1, -0.05) is 45.8 Å². The Balaban J connectivity index is 1.94. The normalized spacial score (nSPS) is 11.3. The average molecular weight is 419 g/mol. The molecular formula is C21H15BrN4O. The fraction of sp³-hybridized carbons (Fsp3) is 0.0476. The zero-order chi connectivity index (χ0) is 18.8. The van der Waals surface area contributed by atoms with E-state index < -0.39 is 0 Å².